The molecule has 1 spiro atoms. The number of benzene rings is 1. The van der Waals surface area contributed by atoms with E-state index in [4.69, 9.17) is 14.2 Å². The molecule has 3 amide bonds. The van der Waals surface area contributed by atoms with E-state index >= 15 is 0 Å². The number of carbonyl (C=O) groups is 4. The van der Waals surface area contributed by atoms with Gasteiger partial charge in [0.15, 0.2) is 11.4 Å². The van der Waals surface area contributed by atoms with E-state index in [9.17, 15) is 40.8 Å². The SMILES string of the molecule is COc1ccc2nc(C(F)(F)F)c3c(c2c1)CC[C@]1(C[C@H]2C(=O)N[C@]4(C(=O)NS(=O)(=O)C5(C)CC5)C[C@H]4/C=C\CCCCC[C@H](CC(=O)OC4(C)CC4)C(=O)N2C1)O3. The number of halogens is 3. The molecule has 2 N–H and O–H groups in total. The fourth-order valence-corrected chi connectivity index (χ4v) is 10.1. The lowest BCUT2D eigenvalue weighted by atomic mass is 9.87. The van der Waals surface area contributed by atoms with E-state index in [-0.39, 0.29) is 49.7 Å². The molecule has 5 atom stereocenters. The van der Waals surface area contributed by atoms with Crippen LogP contribution in [0.1, 0.15) is 109 Å². The van der Waals surface area contributed by atoms with E-state index in [0.29, 0.717) is 62.5 Å². The van der Waals surface area contributed by atoms with Crippen LogP contribution in [0.4, 0.5) is 13.2 Å². The van der Waals surface area contributed by atoms with Crippen LogP contribution in [0.2, 0.25) is 0 Å². The average molecular weight is 831 g/mol. The number of aromatic nitrogens is 1. The molecule has 1 saturated heterocycles. The van der Waals surface area contributed by atoms with Crippen molar-refractivity contribution in [2.45, 2.75) is 137 Å². The van der Waals surface area contributed by atoms with E-state index in [2.05, 4.69) is 15.0 Å². The van der Waals surface area contributed by atoms with Crippen LogP contribution >= 0.6 is 0 Å². The zero-order chi connectivity index (χ0) is 41.5. The van der Waals surface area contributed by atoms with E-state index in [1.165, 1.54) is 24.1 Å². The van der Waals surface area contributed by atoms with Gasteiger partial charge in [-0.1, -0.05) is 25.0 Å². The number of rotatable bonds is 7. The van der Waals surface area contributed by atoms with Crippen LogP contribution in [0.15, 0.2) is 30.4 Å². The number of esters is 1. The molecule has 314 valence electrons. The van der Waals surface area contributed by atoms with Gasteiger partial charge in [-0.15, -0.1) is 0 Å². The van der Waals surface area contributed by atoms with Crippen LogP contribution < -0.4 is 19.5 Å². The van der Waals surface area contributed by atoms with Crippen molar-refractivity contribution in [2.24, 2.45) is 11.8 Å². The van der Waals surface area contributed by atoms with Gasteiger partial charge in [-0.25, -0.2) is 13.4 Å². The molecule has 17 heteroatoms. The van der Waals surface area contributed by atoms with E-state index < -0.39 is 90.7 Å². The summed E-state index contributed by atoms with van der Waals surface area (Å²) in [6, 6.07) is 3.22. The lowest BCUT2D eigenvalue weighted by Crippen LogP contribution is -2.57. The maximum atomic E-state index is 14.8. The second-order valence-electron chi connectivity index (χ2n) is 17.7. The number of fused-ring (bicyclic) bond motifs is 5. The van der Waals surface area contributed by atoms with Crippen LogP contribution in [-0.4, -0.2) is 83.2 Å². The molecular weight excluding hydrogens is 782 g/mol. The van der Waals surface area contributed by atoms with Gasteiger partial charge in [-0.3, -0.25) is 23.9 Å². The predicted octanol–water partition coefficient (Wildman–Crippen LogP) is 5.42. The Bertz CT molecular complexity index is 2200. The Labute approximate surface area is 334 Å². The number of sulfonamides is 1. The maximum absolute atomic E-state index is 14.8. The number of carbonyl (C=O) groups excluding carboxylic acids is 4. The quantitative estimate of drug-likeness (QED) is 0.271. The largest absolute Gasteiger partial charge is 0.497 e. The summed E-state index contributed by atoms with van der Waals surface area (Å²) in [7, 11) is -2.64. The van der Waals surface area contributed by atoms with Crippen molar-refractivity contribution in [3.8, 4) is 11.5 Å². The van der Waals surface area contributed by atoms with Gasteiger partial charge < -0.3 is 24.4 Å². The van der Waals surface area contributed by atoms with Crippen molar-refractivity contribution >= 4 is 44.6 Å². The molecule has 4 fully saturated rings. The number of pyridine rings is 1. The Morgan fingerprint density at radius 2 is 1.83 bits per heavy atom. The van der Waals surface area contributed by atoms with Gasteiger partial charge in [0.25, 0.3) is 5.91 Å². The van der Waals surface area contributed by atoms with E-state index in [1.807, 2.05) is 13.0 Å². The molecule has 3 aliphatic carbocycles. The van der Waals surface area contributed by atoms with Crippen molar-refractivity contribution in [1.82, 2.24) is 19.9 Å². The third-order valence-electron chi connectivity index (χ3n) is 13.1. The Balaban J connectivity index is 1.16. The molecular formula is C41H49F3N4O9S. The highest BCUT2D eigenvalue weighted by atomic mass is 32.2. The molecule has 6 aliphatic rings. The third-order valence-corrected chi connectivity index (χ3v) is 15.3. The number of nitrogens with zero attached hydrogens (tertiary/aromatic N) is 2. The van der Waals surface area contributed by atoms with Crippen LogP contribution in [0, 0.1) is 11.8 Å². The number of alkyl halides is 3. The second kappa shape index (κ2) is 14.1. The summed E-state index contributed by atoms with van der Waals surface area (Å²) in [6.45, 7) is 3.07. The van der Waals surface area contributed by atoms with Crippen molar-refractivity contribution in [2.75, 3.05) is 13.7 Å². The van der Waals surface area contributed by atoms with Crippen LogP contribution in [-0.2, 0) is 46.5 Å². The molecule has 1 aromatic carbocycles. The first-order valence-corrected chi connectivity index (χ1v) is 21.6. The highest BCUT2D eigenvalue weighted by Crippen LogP contribution is 2.51. The monoisotopic (exact) mass is 830 g/mol. The predicted molar refractivity (Wildman–Crippen MR) is 203 cm³/mol. The standard InChI is InChI=1S/C41H49F3N4O9S/c1-37(15-16-37)56-31(49)19-24-9-7-5-4-6-8-10-25-21-40(25,36(52)47-58(53,54)38(2)17-18-38)46-34(50)30-22-39(23-48(30)35(24)51)14-13-27-28-20-26(55-3)11-12-29(28)45-33(32(27)57-39)41(42,43)44/h8,10-12,20,24-25,30H,4-7,9,13-19,21-23H2,1-3H3,(H,46,50)(H,47,52)/b10-8-/t24-,25-,30+,39-,40-/m1/s1. The molecule has 8 rings (SSSR count). The first-order valence-electron chi connectivity index (χ1n) is 20.1. The fourth-order valence-electron chi connectivity index (χ4n) is 8.76. The Kier molecular flexibility index (Phi) is 9.82. The van der Waals surface area contributed by atoms with Gasteiger partial charge in [0.2, 0.25) is 21.8 Å². The molecule has 0 bridgehead atoms. The minimum absolute atomic E-state index is 0.0884. The Morgan fingerprint density at radius 1 is 1.07 bits per heavy atom. The molecule has 58 heavy (non-hydrogen) atoms. The van der Waals surface area contributed by atoms with Gasteiger partial charge in [0.05, 0.1) is 30.3 Å². The Morgan fingerprint density at radius 3 is 2.52 bits per heavy atom. The molecule has 1 aromatic heterocycles. The van der Waals surface area contributed by atoms with Gasteiger partial charge in [-0.2, -0.15) is 13.2 Å². The topological polar surface area (TPSA) is 170 Å². The minimum Gasteiger partial charge on any atom is -0.497 e. The van der Waals surface area contributed by atoms with Crippen LogP contribution in [0.25, 0.3) is 10.9 Å². The summed E-state index contributed by atoms with van der Waals surface area (Å²) in [5.74, 6) is -4.30. The number of hydrogen-bond acceptors (Lipinski definition) is 10. The second-order valence-corrected chi connectivity index (χ2v) is 19.9. The molecule has 4 heterocycles. The number of allylic oxidation sites excluding steroid dienone is 1. The fraction of sp³-hybridized carbons (Fsp3) is 0.634. The summed E-state index contributed by atoms with van der Waals surface area (Å²) in [4.78, 5) is 61.9. The lowest BCUT2D eigenvalue weighted by molar-refractivity contribution is -0.155. The normalized spacial score (nSPS) is 30.7. The average Bonchev–Trinajstić information content (AvgIpc) is 4.13. The number of hydrogen-bond donors (Lipinski definition) is 2. The van der Waals surface area contributed by atoms with Gasteiger partial charge in [0, 0.05) is 29.2 Å². The number of aryl methyl sites for hydroxylation is 1. The number of amides is 3. The summed E-state index contributed by atoms with van der Waals surface area (Å²) in [5.41, 5.74) is -4.59. The summed E-state index contributed by atoms with van der Waals surface area (Å²) >= 11 is 0. The van der Waals surface area contributed by atoms with Gasteiger partial charge >= 0.3 is 12.1 Å². The molecule has 13 nitrogen and oxygen atoms in total. The highest BCUT2D eigenvalue weighted by molar-refractivity contribution is 7.91. The summed E-state index contributed by atoms with van der Waals surface area (Å²) < 4.78 is 89.2. The number of ether oxygens (including phenoxy) is 3. The van der Waals surface area contributed by atoms with Crippen molar-refractivity contribution in [3.05, 3.63) is 41.6 Å². The Hall–Kier alpha value is -4.41. The maximum Gasteiger partial charge on any atom is 0.437 e. The van der Waals surface area contributed by atoms with E-state index in [1.54, 1.807) is 19.1 Å². The molecule has 2 aromatic rings. The zero-order valence-electron chi connectivity index (χ0n) is 32.8. The smallest absolute Gasteiger partial charge is 0.437 e. The van der Waals surface area contributed by atoms with Crippen molar-refractivity contribution < 1.29 is 55.0 Å². The molecule has 0 radical (unpaired) electrons. The highest BCUT2D eigenvalue weighted by Gasteiger charge is 2.64. The van der Waals surface area contributed by atoms with E-state index in [0.717, 1.165) is 6.42 Å². The lowest BCUT2D eigenvalue weighted by Gasteiger charge is -2.37. The zero-order valence-corrected chi connectivity index (χ0v) is 33.7. The van der Waals surface area contributed by atoms with Gasteiger partial charge in [0.1, 0.15) is 28.5 Å². The van der Waals surface area contributed by atoms with Gasteiger partial charge in [-0.05, 0) is 96.3 Å². The summed E-state index contributed by atoms with van der Waals surface area (Å²) in [5, 5.41) is 3.23. The first kappa shape index (κ1) is 40.4. The van der Waals surface area contributed by atoms with Crippen molar-refractivity contribution in [1.29, 1.82) is 0 Å². The number of nitrogens with one attached hydrogen (secondary N) is 2. The van der Waals surface area contributed by atoms with Crippen LogP contribution in [0.3, 0.4) is 0 Å². The number of methoxy groups -OCH3 is 1. The summed E-state index contributed by atoms with van der Waals surface area (Å²) in [6.07, 6.45) is 3.76. The van der Waals surface area contributed by atoms with Crippen molar-refractivity contribution in [3.63, 3.8) is 0 Å². The minimum atomic E-state index is -4.91. The molecule has 0 unspecified atom stereocenters. The first-order chi connectivity index (χ1) is 27.3. The molecule has 3 aliphatic heterocycles. The van der Waals surface area contributed by atoms with Crippen LogP contribution in [0.5, 0.6) is 11.5 Å². The third kappa shape index (κ3) is 7.51. The molecule has 3 saturated carbocycles.